The molecule has 0 fully saturated rings. The van der Waals surface area contributed by atoms with Crippen molar-refractivity contribution in [1.29, 1.82) is 0 Å². The fourth-order valence-electron chi connectivity index (χ4n) is 3.83. The largest absolute Gasteiger partial charge is 0.497 e. The number of rotatable bonds is 5. The number of amides is 1. The molecule has 4 rings (SSSR count). The first-order valence-corrected chi connectivity index (χ1v) is 10.1. The summed E-state index contributed by atoms with van der Waals surface area (Å²) in [5, 5.41) is 0. The normalized spacial score (nSPS) is 14.3. The van der Waals surface area contributed by atoms with E-state index in [1.165, 1.54) is 33.5 Å². The van der Waals surface area contributed by atoms with E-state index in [1.807, 2.05) is 0 Å². The standard InChI is InChI=1S/C26H22FNO5/c1-30-19-12-10-18(11-13-19)28-21(14-7-16-5-8-17(27)9-6-16)23-20(26(28)29)15-22(31-2)24(32-3)25(23)33-4/h5-6,8-13,15,21H,1-4H3/t21-/m0/s1. The summed E-state index contributed by atoms with van der Waals surface area (Å²) in [5.74, 6) is 7.40. The van der Waals surface area contributed by atoms with Crippen LogP contribution >= 0.6 is 0 Å². The van der Waals surface area contributed by atoms with Crippen LogP contribution in [0, 0.1) is 17.7 Å². The minimum absolute atomic E-state index is 0.257. The summed E-state index contributed by atoms with van der Waals surface area (Å²) in [4.78, 5) is 15.2. The number of fused-ring (bicyclic) bond motifs is 1. The molecule has 1 heterocycles. The van der Waals surface area contributed by atoms with E-state index < -0.39 is 6.04 Å². The van der Waals surface area contributed by atoms with Gasteiger partial charge in [0.1, 0.15) is 17.6 Å². The van der Waals surface area contributed by atoms with Crippen molar-refractivity contribution in [1.82, 2.24) is 0 Å². The molecule has 0 N–H and O–H groups in total. The van der Waals surface area contributed by atoms with Gasteiger partial charge in [-0.25, -0.2) is 4.39 Å². The Bertz CT molecular complexity index is 1240. The predicted octanol–water partition coefficient (Wildman–Crippen LogP) is 4.61. The first kappa shape index (κ1) is 22.0. The van der Waals surface area contributed by atoms with E-state index in [2.05, 4.69) is 11.8 Å². The minimum atomic E-state index is -0.680. The van der Waals surface area contributed by atoms with Gasteiger partial charge in [0.2, 0.25) is 5.75 Å². The molecule has 168 valence electrons. The highest BCUT2D eigenvalue weighted by atomic mass is 19.1. The summed E-state index contributed by atoms with van der Waals surface area (Å²) in [6, 6.07) is 13.9. The molecule has 0 aromatic heterocycles. The Morgan fingerprint density at radius 2 is 1.52 bits per heavy atom. The molecule has 33 heavy (non-hydrogen) atoms. The molecule has 3 aromatic rings. The predicted molar refractivity (Wildman–Crippen MR) is 122 cm³/mol. The van der Waals surface area contributed by atoms with Crippen molar-refractivity contribution in [3.05, 3.63) is 77.1 Å². The Kier molecular flexibility index (Phi) is 6.09. The molecule has 6 nitrogen and oxygen atoms in total. The fourth-order valence-corrected chi connectivity index (χ4v) is 3.83. The van der Waals surface area contributed by atoms with Crippen molar-refractivity contribution in [2.24, 2.45) is 0 Å². The molecule has 0 spiro atoms. The van der Waals surface area contributed by atoms with Gasteiger partial charge in [-0.1, -0.05) is 11.8 Å². The average molecular weight is 447 g/mol. The Hall–Kier alpha value is -4.18. The molecule has 1 atom stereocenters. The topological polar surface area (TPSA) is 57.2 Å². The maximum atomic E-state index is 13.6. The van der Waals surface area contributed by atoms with Gasteiger partial charge in [0, 0.05) is 16.8 Å². The lowest BCUT2D eigenvalue weighted by molar-refractivity contribution is 0.0994. The first-order chi connectivity index (χ1) is 16.0. The monoisotopic (exact) mass is 447 g/mol. The van der Waals surface area contributed by atoms with Gasteiger partial charge in [0.05, 0.1) is 34.0 Å². The summed E-state index contributed by atoms with van der Waals surface area (Å²) in [5.41, 5.74) is 2.23. The Morgan fingerprint density at radius 1 is 0.848 bits per heavy atom. The van der Waals surface area contributed by atoms with E-state index in [0.29, 0.717) is 45.4 Å². The molecule has 1 aliphatic heterocycles. The van der Waals surface area contributed by atoms with E-state index in [9.17, 15) is 9.18 Å². The highest BCUT2D eigenvalue weighted by Crippen LogP contribution is 2.50. The van der Waals surface area contributed by atoms with Crippen molar-refractivity contribution in [2.75, 3.05) is 33.3 Å². The van der Waals surface area contributed by atoms with Gasteiger partial charge < -0.3 is 18.9 Å². The molecular weight excluding hydrogens is 425 g/mol. The second-order valence-electron chi connectivity index (χ2n) is 7.16. The highest BCUT2D eigenvalue weighted by Gasteiger charge is 2.42. The van der Waals surface area contributed by atoms with Crippen LogP contribution in [0.25, 0.3) is 0 Å². The number of halogens is 1. The minimum Gasteiger partial charge on any atom is -0.497 e. The number of nitrogens with zero attached hydrogens (tertiary/aromatic N) is 1. The van der Waals surface area contributed by atoms with E-state index in [1.54, 1.807) is 54.5 Å². The van der Waals surface area contributed by atoms with Crippen LogP contribution in [0.3, 0.4) is 0 Å². The van der Waals surface area contributed by atoms with Crippen LogP contribution in [0.15, 0.2) is 54.6 Å². The lowest BCUT2D eigenvalue weighted by Gasteiger charge is -2.22. The van der Waals surface area contributed by atoms with Gasteiger partial charge in [-0.05, 0) is 54.6 Å². The van der Waals surface area contributed by atoms with Crippen molar-refractivity contribution >= 4 is 11.6 Å². The SMILES string of the molecule is COc1ccc(N2C(=O)c3cc(OC)c(OC)c(OC)c3[C@@H]2C#Cc2ccc(F)cc2)cc1. The van der Waals surface area contributed by atoms with Crippen LogP contribution < -0.4 is 23.8 Å². The van der Waals surface area contributed by atoms with Gasteiger partial charge in [-0.3, -0.25) is 9.69 Å². The smallest absolute Gasteiger partial charge is 0.260 e. The van der Waals surface area contributed by atoms with Crippen LogP contribution in [0.2, 0.25) is 0 Å². The lowest BCUT2D eigenvalue weighted by Crippen LogP contribution is -2.27. The van der Waals surface area contributed by atoms with Gasteiger partial charge in [0.15, 0.2) is 11.5 Å². The first-order valence-electron chi connectivity index (χ1n) is 10.1. The van der Waals surface area contributed by atoms with E-state index >= 15 is 0 Å². The Balaban J connectivity index is 1.92. The molecule has 3 aromatic carbocycles. The van der Waals surface area contributed by atoms with Crippen molar-refractivity contribution in [3.63, 3.8) is 0 Å². The van der Waals surface area contributed by atoms with Crippen LogP contribution in [0.5, 0.6) is 23.0 Å². The third-order valence-electron chi connectivity index (χ3n) is 5.40. The van der Waals surface area contributed by atoms with Gasteiger partial charge in [0.25, 0.3) is 5.91 Å². The second-order valence-corrected chi connectivity index (χ2v) is 7.16. The molecular formula is C26H22FNO5. The number of methoxy groups -OCH3 is 4. The lowest BCUT2D eigenvalue weighted by atomic mass is 10.0. The molecule has 0 bridgehead atoms. The number of anilines is 1. The number of hydrogen-bond donors (Lipinski definition) is 0. The molecule has 0 saturated heterocycles. The van der Waals surface area contributed by atoms with E-state index in [0.717, 1.165) is 0 Å². The molecule has 1 aliphatic rings. The second kappa shape index (κ2) is 9.13. The number of carbonyl (C=O) groups is 1. The summed E-state index contributed by atoms with van der Waals surface area (Å²) in [6.45, 7) is 0. The number of carbonyl (C=O) groups excluding carboxylic acids is 1. The number of hydrogen-bond acceptors (Lipinski definition) is 5. The van der Waals surface area contributed by atoms with Crippen LogP contribution in [-0.4, -0.2) is 34.3 Å². The van der Waals surface area contributed by atoms with Gasteiger partial charge in [-0.2, -0.15) is 0 Å². The zero-order valence-electron chi connectivity index (χ0n) is 18.6. The van der Waals surface area contributed by atoms with Crippen LogP contribution in [0.4, 0.5) is 10.1 Å². The number of benzene rings is 3. The maximum Gasteiger partial charge on any atom is 0.260 e. The van der Waals surface area contributed by atoms with Crippen molar-refractivity contribution in [3.8, 4) is 34.8 Å². The molecule has 1 amide bonds. The third-order valence-corrected chi connectivity index (χ3v) is 5.40. The molecule has 0 radical (unpaired) electrons. The molecule has 0 saturated carbocycles. The number of ether oxygens (including phenoxy) is 4. The Labute approximate surface area is 191 Å². The van der Waals surface area contributed by atoms with Gasteiger partial charge in [-0.15, -0.1) is 0 Å². The van der Waals surface area contributed by atoms with Crippen molar-refractivity contribution in [2.45, 2.75) is 6.04 Å². The Morgan fingerprint density at radius 3 is 2.09 bits per heavy atom. The maximum absolute atomic E-state index is 13.6. The summed E-state index contributed by atoms with van der Waals surface area (Å²) in [7, 11) is 6.08. The molecule has 0 aliphatic carbocycles. The van der Waals surface area contributed by atoms with E-state index in [-0.39, 0.29) is 11.7 Å². The zero-order chi connectivity index (χ0) is 23.5. The van der Waals surface area contributed by atoms with Crippen molar-refractivity contribution < 1.29 is 28.1 Å². The zero-order valence-corrected chi connectivity index (χ0v) is 18.6. The van der Waals surface area contributed by atoms with Gasteiger partial charge >= 0.3 is 0 Å². The fraction of sp³-hybridized carbons (Fsp3) is 0.192. The van der Waals surface area contributed by atoms with Crippen LogP contribution in [-0.2, 0) is 0 Å². The summed E-state index contributed by atoms with van der Waals surface area (Å²) < 4.78 is 35.2. The van der Waals surface area contributed by atoms with Crippen LogP contribution in [0.1, 0.15) is 27.5 Å². The molecule has 7 heteroatoms. The summed E-state index contributed by atoms with van der Waals surface area (Å²) in [6.07, 6.45) is 0. The molecule has 0 unspecified atom stereocenters. The van der Waals surface area contributed by atoms with E-state index in [4.69, 9.17) is 18.9 Å². The average Bonchev–Trinajstić information content (AvgIpc) is 3.13. The summed E-state index contributed by atoms with van der Waals surface area (Å²) >= 11 is 0. The highest BCUT2D eigenvalue weighted by molar-refractivity contribution is 6.13. The quantitative estimate of drug-likeness (QED) is 0.535. The third kappa shape index (κ3) is 3.92.